The molecule has 1 saturated heterocycles. The van der Waals surface area contributed by atoms with Gasteiger partial charge in [-0.1, -0.05) is 39.5 Å². The van der Waals surface area contributed by atoms with Gasteiger partial charge in [-0.25, -0.2) is 4.79 Å². The molecule has 2 heterocycles. The van der Waals surface area contributed by atoms with E-state index in [1.54, 1.807) is 19.1 Å². The van der Waals surface area contributed by atoms with Gasteiger partial charge in [0, 0.05) is 25.3 Å². The summed E-state index contributed by atoms with van der Waals surface area (Å²) < 4.78 is 29.9. The van der Waals surface area contributed by atoms with E-state index in [0.29, 0.717) is 17.0 Å². The molecule has 214 valence electrons. The highest BCUT2D eigenvalue weighted by molar-refractivity contribution is 6.74. The summed E-state index contributed by atoms with van der Waals surface area (Å²) >= 11 is 0. The van der Waals surface area contributed by atoms with Crippen LogP contribution in [-0.2, 0) is 34.1 Å². The number of carbonyl (C=O) groups excluding carboxylic acids is 3. The Bertz CT molecular complexity index is 1340. The second-order valence-corrected chi connectivity index (χ2v) is 16.9. The lowest BCUT2D eigenvalue weighted by Crippen LogP contribution is -2.66. The van der Waals surface area contributed by atoms with E-state index in [-0.39, 0.29) is 5.04 Å². The predicted octanol–water partition coefficient (Wildman–Crippen LogP) is 4.39. The topological polar surface area (TPSA) is 104 Å². The first-order valence-electron chi connectivity index (χ1n) is 13.2. The summed E-state index contributed by atoms with van der Waals surface area (Å²) in [6, 6.07) is 4.39. The van der Waals surface area contributed by atoms with Crippen LogP contribution in [0.4, 0.5) is 10.5 Å². The zero-order valence-electron chi connectivity index (χ0n) is 24.5. The van der Waals surface area contributed by atoms with Crippen molar-refractivity contribution in [2.45, 2.75) is 89.1 Å². The smallest absolute Gasteiger partial charge is 0.415 e. The number of epoxide rings is 1. The van der Waals surface area contributed by atoms with Gasteiger partial charge in [0.2, 0.25) is 8.32 Å². The standard InChI is InChI=1S/C30H37NO8Si/c1-12-21-26(37-19(5)33)25(36-18(4)32)17(3)29-24(13-2)31(27(34)35-9)23-15-14-20(16-22(23)30(21,29)39-29)38-40(10,11)28(6,7)8/h1-2,14-17,21,24-26H,3-11H3/t17-,21+,24-,25-,26+,29-,30+/m0/s1. The molecule has 2 aliphatic heterocycles. The molecule has 9 nitrogen and oxygen atoms in total. The molecule has 0 bridgehead atoms. The number of hydrogen-bond donors (Lipinski definition) is 0. The van der Waals surface area contributed by atoms with Gasteiger partial charge in [0.1, 0.15) is 29.1 Å². The van der Waals surface area contributed by atoms with Crippen LogP contribution in [0, 0.1) is 36.5 Å². The molecule has 0 N–H and O–H groups in total. The Hall–Kier alpha value is -3.47. The maximum absolute atomic E-state index is 13.2. The van der Waals surface area contributed by atoms with Crippen molar-refractivity contribution in [2.24, 2.45) is 11.8 Å². The highest BCUT2D eigenvalue weighted by Crippen LogP contribution is 2.74. The lowest BCUT2D eigenvalue weighted by molar-refractivity contribution is -0.180. The van der Waals surface area contributed by atoms with Gasteiger partial charge in [-0.05, 0) is 36.3 Å². The van der Waals surface area contributed by atoms with E-state index in [1.165, 1.54) is 25.9 Å². The summed E-state index contributed by atoms with van der Waals surface area (Å²) in [5.41, 5.74) is -1.52. The summed E-state index contributed by atoms with van der Waals surface area (Å²) in [5, 5.41) is -0.0774. The summed E-state index contributed by atoms with van der Waals surface area (Å²) in [6.07, 6.45) is 9.53. The number of amides is 1. The van der Waals surface area contributed by atoms with Crippen molar-refractivity contribution < 1.29 is 37.8 Å². The molecule has 1 aliphatic carbocycles. The highest BCUT2D eigenvalue weighted by Gasteiger charge is 2.88. The third kappa shape index (κ3) is 4.00. The van der Waals surface area contributed by atoms with Crippen molar-refractivity contribution in [3.8, 4) is 30.4 Å². The van der Waals surface area contributed by atoms with Crippen molar-refractivity contribution in [1.29, 1.82) is 0 Å². The maximum Gasteiger partial charge on any atom is 0.415 e. The summed E-state index contributed by atoms with van der Waals surface area (Å²) in [4.78, 5) is 39.1. The van der Waals surface area contributed by atoms with Crippen LogP contribution in [0.5, 0.6) is 5.75 Å². The Morgan fingerprint density at radius 1 is 1.05 bits per heavy atom. The van der Waals surface area contributed by atoms with Crippen LogP contribution in [0.3, 0.4) is 0 Å². The number of benzene rings is 1. The normalized spacial score (nSPS) is 32.2. The number of carbonyl (C=O) groups is 3. The van der Waals surface area contributed by atoms with Crippen LogP contribution >= 0.6 is 0 Å². The van der Waals surface area contributed by atoms with Crippen molar-refractivity contribution in [2.75, 3.05) is 12.0 Å². The number of ether oxygens (including phenoxy) is 4. The number of nitrogens with zero attached hydrogens (tertiary/aromatic N) is 1. The zero-order chi connectivity index (χ0) is 30.0. The molecule has 1 saturated carbocycles. The Morgan fingerprint density at radius 3 is 2.15 bits per heavy atom. The Kier molecular flexibility index (Phi) is 7.06. The van der Waals surface area contributed by atoms with Crippen LogP contribution < -0.4 is 9.33 Å². The minimum atomic E-state index is -2.26. The fourth-order valence-electron chi connectivity index (χ4n) is 6.13. The van der Waals surface area contributed by atoms with Gasteiger partial charge in [0.15, 0.2) is 6.10 Å². The lowest BCUT2D eigenvalue weighted by atomic mass is 9.58. The molecule has 0 aromatic heterocycles. The minimum Gasteiger partial charge on any atom is -0.543 e. The number of fused-ring (bicyclic) bond motifs is 1. The molecule has 4 rings (SSSR count). The Morgan fingerprint density at radius 2 is 1.65 bits per heavy atom. The Balaban J connectivity index is 2.01. The second kappa shape index (κ2) is 9.57. The van der Waals surface area contributed by atoms with Crippen LogP contribution in [0.15, 0.2) is 18.2 Å². The molecule has 0 radical (unpaired) electrons. The van der Waals surface area contributed by atoms with Crippen molar-refractivity contribution in [1.82, 2.24) is 0 Å². The van der Waals surface area contributed by atoms with Crippen LogP contribution in [-0.4, -0.2) is 57.3 Å². The van der Waals surface area contributed by atoms with E-state index in [1.807, 2.05) is 6.07 Å². The highest BCUT2D eigenvalue weighted by atomic mass is 28.4. The van der Waals surface area contributed by atoms with E-state index in [4.69, 9.17) is 36.2 Å². The molecule has 7 atom stereocenters. The van der Waals surface area contributed by atoms with Crippen LogP contribution in [0.1, 0.15) is 47.1 Å². The van der Waals surface area contributed by atoms with Gasteiger partial charge in [-0.2, -0.15) is 0 Å². The molecule has 1 amide bonds. The molecule has 1 aromatic rings. The molecule has 10 heteroatoms. The second-order valence-electron chi connectivity index (χ2n) is 12.2. The molecule has 0 spiro atoms. The van der Waals surface area contributed by atoms with Gasteiger partial charge in [0.25, 0.3) is 0 Å². The molecule has 0 unspecified atom stereocenters. The van der Waals surface area contributed by atoms with Crippen molar-refractivity contribution >= 4 is 32.0 Å². The van der Waals surface area contributed by atoms with Gasteiger partial charge in [-0.15, -0.1) is 12.8 Å². The Labute approximate surface area is 236 Å². The average molecular weight is 568 g/mol. The van der Waals surface area contributed by atoms with E-state index in [2.05, 4.69) is 45.7 Å². The molecule has 1 aromatic carbocycles. The summed E-state index contributed by atoms with van der Waals surface area (Å²) in [7, 11) is -0.994. The van der Waals surface area contributed by atoms with Crippen LogP contribution in [0.2, 0.25) is 18.1 Å². The minimum absolute atomic E-state index is 0.0774. The molecule has 40 heavy (non-hydrogen) atoms. The first kappa shape index (κ1) is 29.5. The average Bonchev–Trinajstić information content (AvgIpc) is 3.56. The third-order valence-electron chi connectivity index (χ3n) is 8.91. The number of hydrogen-bond acceptors (Lipinski definition) is 8. The largest absolute Gasteiger partial charge is 0.543 e. The summed E-state index contributed by atoms with van der Waals surface area (Å²) in [5.74, 6) is 3.35. The SMILES string of the molecule is C#C[C@@H]1N(C(=O)OC)c2ccc(O[Si](C)(C)C(C)(C)C)cc2[C@@]23O[C@@]12[C@@H](C)[C@H](OC(C)=O)[C@H](OC(C)=O)[C@H]3C#C. The van der Waals surface area contributed by atoms with Crippen LogP contribution in [0.25, 0.3) is 0 Å². The lowest BCUT2D eigenvalue weighted by Gasteiger charge is -2.50. The number of rotatable bonds is 4. The van der Waals surface area contributed by atoms with Gasteiger partial charge in [0.05, 0.1) is 18.7 Å². The van der Waals surface area contributed by atoms with E-state index >= 15 is 0 Å². The molecule has 3 aliphatic rings. The van der Waals surface area contributed by atoms with Crippen molar-refractivity contribution in [3.63, 3.8) is 0 Å². The fraction of sp³-hybridized carbons (Fsp3) is 0.567. The number of esters is 2. The maximum atomic E-state index is 13.2. The fourth-order valence-corrected chi connectivity index (χ4v) is 7.16. The first-order chi connectivity index (χ1) is 18.5. The molecular weight excluding hydrogens is 530 g/mol. The van der Waals surface area contributed by atoms with Crippen molar-refractivity contribution in [3.05, 3.63) is 23.8 Å². The van der Waals surface area contributed by atoms with E-state index in [9.17, 15) is 14.4 Å². The van der Waals surface area contributed by atoms with E-state index < -0.39 is 67.6 Å². The first-order valence-corrected chi connectivity index (χ1v) is 16.1. The summed E-state index contributed by atoms with van der Waals surface area (Å²) in [6.45, 7) is 15.0. The molecule has 2 fully saturated rings. The molecular formula is C30H37NO8Si. The van der Waals surface area contributed by atoms with Gasteiger partial charge >= 0.3 is 18.0 Å². The van der Waals surface area contributed by atoms with Gasteiger partial charge < -0.3 is 23.4 Å². The zero-order valence-corrected chi connectivity index (χ0v) is 25.5. The number of terminal acetylenes is 2. The quantitative estimate of drug-likeness (QED) is 0.174. The number of anilines is 1. The number of methoxy groups -OCH3 is 1. The third-order valence-corrected chi connectivity index (χ3v) is 13.3. The van der Waals surface area contributed by atoms with E-state index in [0.717, 1.165) is 0 Å². The predicted molar refractivity (Wildman–Crippen MR) is 150 cm³/mol. The van der Waals surface area contributed by atoms with Gasteiger partial charge in [-0.3, -0.25) is 14.5 Å². The monoisotopic (exact) mass is 567 g/mol.